The summed E-state index contributed by atoms with van der Waals surface area (Å²) in [5.41, 5.74) is 2.10. The fraction of sp³-hybridized carbons (Fsp3) is 0.312. The molecule has 112 valence electrons. The number of nitrogens with zero attached hydrogens (tertiary/aromatic N) is 1. The van der Waals surface area contributed by atoms with Crippen LogP contribution in [0.1, 0.15) is 11.3 Å². The smallest absolute Gasteiger partial charge is 0.138 e. The Morgan fingerprint density at radius 2 is 2.05 bits per heavy atom. The fourth-order valence-electron chi connectivity index (χ4n) is 1.77. The SMILES string of the molecule is COCCNCc1ccc(OCc2ccccc2Br)cn1. The van der Waals surface area contributed by atoms with Crippen LogP contribution in [0.25, 0.3) is 0 Å². The molecule has 21 heavy (non-hydrogen) atoms. The Morgan fingerprint density at radius 3 is 2.76 bits per heavy atom. The Balaban J connectivity index is 1.81. The molecule has 1 N–H and O–H groups in total. The zero-order chi connectivity index (χ0) is 14.9. The minimum atomic E-state index is 0.522. The second-order valence-electron chi connectivity index (χ2n) is 4.53. The van der Waals surface area contributed by atoms with Gasteiger partial charge in [-0.05, 0) is 18.2 Å². The molecular weight excluding hydrogens is 332 g/mol. The zero-order valence-electron chi connectivity index (χ0n) is 12.0. The summed E-state index contributed by atoms with van der Waals surface area (Å²) >= 11 is 3.51. The van der Waals surface area contributed by atoms with Gasteiger partial charge in [0, 0.05) is 30.2 Å². The van der Waals surface area contributed by atoms with Crippen molar-refractivity contribution in [1.29, 1.82) is 0 Å². The van der Waals surface area contributed by atoms with Crippen molar-refractivity contribution in [3.05, 3.63) is 58.3 Å². The van der Waals surface area contributed by atoms with Crippen molar-refractivity contribution in [2.24, 2.45) is 0 Å². The summed E-state index contributed by atoms with van der Waals surface area (Å²) < 4.78 is 11.8. The number of methoxy groups -OCH3 is 1. The number of rotatable bonds is 8. The third-order valence-electron chi connectivity index (χ3n) is 2.94. The minimum Gasteiger partial charge on any atom is -0.487 e. The van der Waals surface area contributed by atoms with E-state index in [1.54, 1.807) is 13.3 Å². The fourth-order valence-corrected chi connectivity index (χ4v) is 2.17. The van der Waals surface area contributed by atoms with Gasteiger partial charge in [0.25, 0.3) is 0 Å². The maximum atomic E-state index is 5.74. The zero-order valence-corrected chi connectivity index (χ0v) is 13.6. The Morgan fingerprint density at radius 1 is 1.19 bits per heavy atom. The lowest BCUT2D eigenvalue weighted by atomic mass is 10.2. The summed E-state index contributed by atoms with van der Waals surface area (Å²) in [5.74, 6) is 0.770. The Hall–Kier alpha value is -1.43. The molecule has 0 atom stereocenters. The molecule has 0 radical (unpaired) electrons. The van der Waals surface area contributed by atoms with Crippen LogP contribution in [0, 0.1) is 0 Å². The molecule has 0 aliphatic rings. The summed E-state index contributed by atoms with van der Waals surface area (Å²) in [4.78, 5) is 4.37. The predicted molar refractivity (Wildman–Crippen MR) is 86.3 cm³/mol. The van der Waals surface area contributed by atoms with Crippen LogP contribution in [0.3, 0.4) is 0 Å². The molecule has 0 bridgehead atoms. The van der Waals surface area contributed by atoms with Gasteiger partial charge in [-0.3, -0.25) is 4.98 Å². The Labute approximate surface area is 133 Å². The summed E-state index contributed by atoms with van der Waals surface area (Å²) in [6.45, 7) is 2.77. The molecule has 0 saturated carbocycles. The Kier molecular flexibility index (Phi) is 6.66. The van der Waals surface area contributed by atoms with Crippen LogP contribution in [0.4, 0.5) is 0 Å². The molecule has 1 aromatic heterocycles. The highest BCUT2D eigenvalue weighted by Crippen LogP contribution is 2.18. The molecule has 2 rings (SSSR count). The van der Waals surface area contributed by atoms with Crippen LogP contribution >= 0.6 is 15.9 Å². The lowest BCUT2D eigenvalue weighted by molar-refractivity contribution is 0.199. The third kappa shape index (κ3) is 5.46. The lowest BCUT2D eigenvalue weighted by Gasteiger charge is -2.08. The monoisotopic (exact) mass is 350 g/mol. The first-order valence-electron chi connectivity index (χ1n) is 6.80. The van der Waals surface area contributed by atoms with Crippen molar-refractivity contribution in [2.45, 2.75) is 13.2 Å². The number of benzene rings is 1. The quantitative estimate of drug-likeness (QED) is 0.742. The molecule has 2 aromatic rings. The predicted octanol–water partition coefficient (Wildman–Crippen LogP) is 3.16. The number of hydrogen-bond donors (Lipinski definition) is 1. The average Bonchev–Trinajstić information content (AvgIpc) is 2.52. The number of hydrogen-bond acceptors (Lipinski definition) is 4. The largest absolute Gasteiger partial charge is 0.487 e. The van der Waals surface area contributed by atoms with Crippen molar-refractivity contribution in [3.8, 4) is 5.75 Å². The molecule has 5 heteroatoms. The van der Waals surface area contributed by atoms with Crippen LogP contribution in [-0.4, -0.2) is 25.2 Å². The minimum absolute atomic E-state index is 0.522. The standard InChI is InChI=1S/C16H19BrN2O2/c1-20-9-8-18-10-14-6-7-15(11-19-14)21-12-13-4-2-3-5-16(13)17/h2-7,11,18H,8-10,12H2,1H3. The normalized spacial score (nSPS) is 10.6. The van der Waals surface area contributed by atoms with Crippen LogP contribution in [0.5, 0.6) is 5.75 Å². The first kappa shape index (κ1) is 15.9. The van der Waals surface area contributed by atoms with E-state index in [2.05, 4.69) is 26.2 Å². The van der Waals surface area contributed by atoms with Gasteiger partial charge < -0.3 is 14.8 Å². The van der Waals surface area contributed by atoms with E-state index in [1.165, 1.54) is 0 Å². The van der Waals surface area contributed by atoms with E-state index in [0.717, 1.165) is 34.6 Å². The number of halogens is 1. The van der Waals surface area contributed by atoms with Crippen molar-refractivity contribution in [2.75, 3.05) is 20.3 Å². The van der Waals surface area contributed by atoms with Crippen LogP contribution in [0.2, 0.25) is 0 Å². The number of ether oxygens (including phenoxy) is 2. The molecule has 0 spiro atoms. The maximum Gasteiger partial charge on any atom is 0.138 e. The molecule has 0 aliphatic carbocycles. The molecule has 0 fully saturated rings. The lowest BCUT2D eigenvalue weighted by Crippen LogP contribution is -2.19. The van der Waals surface area contributed by atoms with Gasteiger partial charge in [-0.1, -0.05) is 34.1 Å². The van der Waals surface area contributed by atoms with E-state index in [0.29, 0.717) is 13.2 Å². The second-order valence-corrected chi connectivity index (χ2v) is 5.39. The van der Waals surface area contributed by atoms with Gasteiger partial charge in [0.2, 0.25) is 0 Å². The van der Waals surface area contributed by atoms with Crippen LogP contribution < -0.4 is 10.1 Å². The van der Waals surface area contributed by atoms with E-state index < -0.39 is 0 Å². The molecule has 0 unspecified atom stereocenters. The van der Waals surface area contributed by atoms with Crippen LogP contribution in [0.15, 0.2) is 47.1 Å². The van der Waals surface area contributed by atoms with E-state index in [4.69, 9.17) is 9.47 Å². The molecule has 0 saturated heterocycles. The van der Waals surface area contributed by atoms with E-state index in [-0.39, 0.29) is 0 Å². The first-order chi connectivity index (χ1) is 10.3. The molecular formula is C16H19BrN2O2. The molecule has 0 aliphatic heterocycles. The summed E-state index contributed by atoms with van der Waals surface area (Å²) in [7, 11) is 1.69. The summed E-state index contributed by atoms with van der Waals surface area (Å²) in [5, 5.41) is 3.25. The third-order valence-corrected chi connectivity index (χ3v) is 3.71. The van der Waals surface area contributed by atoms with Gasteiger partial charge in [0.1, 0.15) is 12.4 Å². The van der Waals surface area contributed by atoms with Gasteiger partial charge in [-0.25, -0.2) is 0 Å². The highest BCUT2D eigenvalue weighted by molar-refractivity contribution is 9.10. The highest BCUT2D eigenvalue weighted by Gasteiger charge is 2.01. The highest BCUT2D eigenvalue weighted by atomic mass is 79.9. The van der Waals surface area contributed by atoms with Crippen molar-refractivity contribution in [3.63, 3.8) is 0 Å². The van der Waals surface area contributed by atoms with E-state index >= 15 is 0 Å². The second kappa shape index (κ2) is 8.77. The number of nitrogens with one attached hydrogen (secondary N) is 1. The molecule has 1 heterocycles. The van der Waals surface area contributed by atoms with Crippen LogP contribution in [-0.2, 0) is 17.9 Å². The first-order valence-corrected chi connectivity index (χ1v) is 7.59. The van der Waals surface area contributed by atoms with Gasteiger partial charge in [-0.2, -0.15) is 0 Å². The summed E-state index contributed by atoms with van der Waals surface area (Å²) in [6, 6.07) is 11.9. The maximum absolute atomic E-state index is 5.74. The van der Waals surface area contributed by atoms with Gasteiger partial charge >= 0.3 is 0 Å². The van der Waals surface area contributed by atoms with Crippen molar-refractivity contribution >= 4 is 15.9 Å². The molecule has 1 aromatic carbocycles. The van der Waals surface area contributed by atoms with E-state index in [1.807, 2.05) is 36.4 Å². The number of aromatic nitrogens is 1. The Bertz CT molecular complexity index is 546. The molecule has 4 nitrogen and oxygen atoms in total. The number of pyridine rings is 1. The summed E-state index contributed by atoms with van der Waals surface area (Å²) in [6.07, 6.45) is 1.75. The van der Waals surface area contributed by atoms with Gasteiger partial charge in [0.15, 0.2) is 0 Å². The van der Waals surface area contributed by atoms with Gasteiger partial charge in [-0.15, -0.1) is 0 Å². The van der Waals surface area contributed by atoms with Crippen molar-refractivity contribution < 1.29 is 9.47 Å². The van der Waals surface area contributed by atoms with Gasteiger partial charge in [0.05, 0.1) is 18.5 Å². The molecule has 0 amide bonds. The van der Waals surface area contributed by atoms with E-state index in [9.17, 15) is 0 Å². The average molecular weight is 351 g/mol. The van der Waals surface area contributed by atoms with Crippen molar-refractivity contribution in [1.82, 2.24) is 10.3 Å². The topological polar surface area (TPSA) is 43.4 Å².